The van der Waals surface area contributed by atoms with Gasteiger partial charge in [0, 0.05) is 61.4 Å². The molecule has 1 fully saturated rings. The molecule has 10 heteroatoms. The summed E-state index contributed by atoms with van der Waals surface area (Å²) in [5.41, 5.74) is 4.96. The number of pyridine rings is 1. The predicted octanol–water partition coefficient (Wildman–Crippen LogP) is 4.45. The lowest BCUT2D eigenvalue weighted by atomic mass is 9.95. The average Bonchev–Trinajstić information content (AvgIpc) is 3.46. The third kappa shape index (κ3) is 4.06. The Morgan fingerprint density at radius 2 is 1.81 bits per heavy atom. The molecule has 1 aromatic carbocycles. The highest BCUT2D eigenvalue weighted by Gasteiger charge is 2.38. The minimum Gasteiger partial charge on any atom is -0.435 e. The summed E-state index contributed by atoms with van der Waals surface area (Å²) in [6, 6.07) is 10.8. The molecular formula is C26H25F2N5O3. The molecule has 8 nitrogen and oxygen atoms in total. The molecule has 6 rings (SSSR count). The number of para-hydroxylation sites is 1. The molecule has 0 bridgehead atoms. The monoisotopic (exact) mass is 493 g/mol. The predicted molar refractivity (Wildman–Crippen MR) is 129 cm³/mol. The van der Waals surface area contributed by atoms with Gasteiger partial charge in [-0.25, -0.2) is 15.0 Å². The fourth-order valence-corrected chi connectivity index (χ4v) is 5.12. The molecule has 4 heterocycles. The fourth-order valence-electron chi connectivity index (χ4n) is 5.12. The molecule has 0 unspecified atom stereocenters. The van der Waals surface area contributed by atoms with E-state index in [1.165, 1.54) is 0 Å². The van der Waals surface area contributed by atoms with Crippen LogP contribution in [0.25, 0.3) is 16.8 Å². The molecule has 36 heavy (non-hydrogen) atoms. The maximum absolute atomic E-state index is 13.1. The number of anilines is 1. The van der Waals surface area contributed by atoms with Gasteiger partial charge in [0.1, 0.15) is 17.5 Å². The minimum atomic E-state index is -2.90. The van der Waals surface area contributed by atoms with Gasteiger partial charge in [-0.3, -0.25) is 0 Å². The van der Waals surface area contributed by atoms with Crippen molar-refractivity contribution < 1.29 is 23.0 Å². The molecule has 0 amide bonds. The zero-order valence-electron chi connectivity index (χ0n) is 19.7. The summed E-state index contributed by atoms with van der Waals surface area (Å²) in [6.45, 7) is -0.0265. The van der Waals surface area contributed by atoms with Crippen LogP contribution >= 0.6 is 0 Å². The number of methoxy groups -OCH3 is 1. The first-order valence-electron chi connectivity index (χ1n) is 11.9. The van der Waals surface area contributed by atoms with Gasteiger partial charge in [0.2, 0.25) is 5.95 Å². The number of aromatic nitrogens is 4. The van der Waals surface area contributed by atoms with E-state index in [0.717, 1.165) is 41.3 Å². The van der Waals surface area contributed by atoms with Gasteiger partial charge < -0.3 is 23.5 Å². The van der Waals surface area contributed by atoms with Gasteiger partial charge in [-0.05, 0) is 24.6 Å². The number of alkyl halides is 2. The molecule has 1 aliphatic heterocycles. The zero-order chi connectivity index (χ0) is 24.6. The number of hydrogen-bond donors (Lipinski definition) is 0. The lowest BCUT2D eigenvalue weighted by molar-refractivity contribution is -0.0506. The Bertz CT molecular complexity index is 1370. The van der Waals surface area contributed by atoms with Crippen LogP contribution in [0.15, 0.2) is 55.0 Å². The molecule has 3 aromatic heterocycles. The first-order chi connectivity index (χ1) is 17.6. The van der Waals surface area contributed by atoms with Crippen molar-refractivity contribution in [3.05, 3.63) is 71.9 Å². The fraction of sp³-hybridized carbons (Fsp3) is 0.346. The molecular weight excluding hydrogens is 468 g/mol. The number of fused-ring (bicyclic) bond motifs is 3. The first kappa shape index (κ1) is 22.8. The largest absolute Gasteiger partial charge is 0.435 e. The van der Waals surface area contributed by atoms with Crippen molar-refractivity contribution in [3.63, 3.8) is 0 Å². The van der Waals surface area contributed by atoms with Crippen LogP contribution < -0.4 is 9.64 Å². The van der Waals surface area contributed by atoms with Crippen molar-refractivity contribution in [1.82, 2.24) is 19.4 Å². The Labute approximate surface area is 206 Å². The summed E-state index contributed by atoms with van der Waals surface area (Å²) in [5.74, 6) is 0.633. The number of ether oxygens (including phenoxy) is 3. The maximum Gasteiger partial charge on any atom is 0.387 e. The van der Waals surface area contributed by atoms with Crippen LogP contribution in [0.3, 0.4) is 0 Å². The summed E-state index contributed by atoms with van der Waals surface area (Å²) in [7, 11) is 1.64. The first-order valence-corrected chi connectivity index (χ1v) is 11.9. The van der Waals surface area contributed by atoms with Crippen molar-refractivity contribution >= 4 is 11.6 Å². The highest BCUT2D eigenvalue weighted by molar-refractivity contribution is 5.65. The molecule has 0 radical (unpaired) electrons. The Morgan fingerprint density at radius 1 is 1.03 bits per heavy atom. The average molecular weight is 494 g/mol. The van der Waals surface area contributed by atoms with Crippen molar-refractivity contribution in [2.24, 2.45) is 0 Å². The van der Waals surface area contributed by atoms with Crippen molar-refractivity contribution in [2.75, 3.05) is 38.3 Å². The molecule has 186 valence electrons. The van der Waals surface area contributed by atoms with E-state index >= 15 is 0 Å². The molecule has 4 aromatic rings. The number of imidazole rings is 1. The molecule has 2 atom stereocenters. The van der Waals surface area contributed by atoms with Crippen LogP contribution in [-0.2, 0) is 9.47 Å². The number of morpholine rings is 1. The minimum absolute atomic E-state index is 0.165. The van der Waals surface area contributed by atoms with Crippen molar-refractivity contribution in [1.29, 1.82) is 0 Å². The number of halogens is 2. The number of hydrogen-bond acceptors (Lipinski definition) is 7. The molecule has 0 saturated carbocycles. The summed E-state index contributed by atoms with van der Waals surface area (Å²) >= 11 is 0. The highest BCUT2D eigenvalue weighted by Crippen LogP contribution is 2.48. The Kier molecular flexibility index (Phi) is 5.98. The van der Waals surface area contributed by atoms with Crippen molar-refractivity contribution in [3.8, 4) is 16.9 Å². The van der Waals surface area contributed by atoms with Gasteiger partial charge in [0.05, 0.1) is 24.6 Å². The second kappa shape index (κ2) is 9.44. The van der Waals surface area contributed by atoms with Crippen LogP contribution in [0, 0.1) is 0 Å². The van der Waals surface area contributed by atoms with Gasteiger partial charge in [-0.15, -0.1) is 0 Å². The number of benzene rings is 1. The van der Waals surface area contributed by atoms with Gasteiger partial charge in [0.15, 0.2) is 0 Å². The topological polar surface area (TPSA) is 74.0 Å². The lowest BCUT2D eigenvalue weighted by Gasteiger charge is -2.26. The van der Waals surface area contributed by atoms with Crippen LogP contribution in [0.5, 0.6) is 5.75 Å². The summed E-state index contributed by atoms with van der Waals surface area (Å²) in [6.07, 6.45) is 5.97. The smallest absolute Gasteiger partial charge is 0.387 e. The van der Waals surface area contributed by atoms with Gasteiger partial charge >= 0.3 is 6.61 Å². The van der Waals surface area contributed by atoms with Gasteiger partial charge in [-0.2, -0.15) is 8.78 Å². The second-order valence-corrected chi connectivity index (χ2v) is 8.83. The van der Waals surface area contributed by atoms with E-state index in [9.17, 15) is 8.78 Å². The lowest BCUT2D eigenvalue weighted by Crippen LogP contribution is -2.37. The molecule has 2 aliphatic rings. The Hall–Kier alpha value is -3.63. The SMILES string of the molecule is CO[C@@H]1C[C@H](c2ccccc2OC(F)F)c2c1nc1ccc(-c3cnc(N4CCOCC4)nc3)cn21. The number of rotatable bonds is 6. The standard InChI is InChI=1S/C26H25F2N5O3/c1-34-21-12-19(18-4-2-3-5-20(18)36-25(27)28)24-23(21)31-22-7-6-16(15-33(22)24)17-13-29-26(30-14-17)32-8-10-35-11-9-32/h2-7,13-15,19,21,25H,8-12H2,1H3/t19-,21-/m1/s1. The molecule has 1 saturated heterocycles. The molecule has 0 spiro atoms. The Morgan fingerprint density at radius 3 is 2.56 bits per heavy atom. The molecule has 0 N–H and O–H groups in total. The zero-order valence-corrected chi connectivity index (χ0v) is 19.7. The van der Waals surface area contributed by atoms with E-state index in [2.05, 4.69) is 14.9 Å². The third-order valence-corrected chi connectivity index (χ3v) is 6.83. The maximum atomic E-state index is 13.1. The van der Waals surface area contributed by atoms with E-state index in [0.29, 0.717) is 31.1 Å². The van der Waals surface area contributed by atoms with E-state index in [-0.39, 0.29) is 17.8 Å². The van der Waals surface area contributed by atoms with Crippen LogP contribution in [0.2, 0.25) is 0 Å². The van der Waals surface area contributed by atoms with Crippen LogP contribution in [-0.4, -0.2) is 59.4 Å². The van der Waals surface area contributed by atoms with Crippen molar-refractivity contribution in [2.45, 2.75) is 25.1 Å². The quantitative estimate of drug-likeness (QED) is 0.393. The van der Waals surface area contributed by atoms with Gasteiger partial charge in [-0.1, -0.05) is 18.2 Å². The second-order valence-electron chi connectivity index (χ2n) is 8.83. The normalized spacial score (nSPS) is 19.7. The summed E-state index contributed by atoms with van der Waals surface area (Å²) in [4.78, 5) is 16.1. The van der Waals surface area contributed by atoms with E-state index in [1.807, 2.05) is 47.3 Å². The molecule has 1 aliphatic carbocycles. The van der Waals surface area contributed by atoms with Crippen LogP contribution in [0.4, 0.5) is 14.7 Å². The number of nitrogens with zero attached hydrogens (tertiary/aromatic N) is 5. The summed E-state index contributed by atoms with van der Waals surface area (Å²) < 4.78 is 44.2. The summed E-state index contributed by atoms with van der Waals surface area (Å²) in [5, 5.41) is 0. The van der Waals surface area contributed by atoms with E-state index in [1.54, 1.807) is 19.2 Å². The van der Waals surface area contributed by atoms with Gasteiger partial charge in [0.25, 0.3) is 0 Å². The van der Waals surface area contributed by atoms with E-state index in [4.69, 9.17) is 19.2 Å². The Balaban J connectivity index is 1.39. The third-order valence-electron chi connectivity index (χ3n) is 6.83. The van der Waals surface area contributed by atoms with E-state index < -0.39 is 6.61 Å². The highest BCUT2D eigenvalue weighted by atomic mass is 19.3. The van der Waals surface area contributed by atoms with Crippen LogP contribution in [0.1, 0.15) is 35.4 Å².